The van der Waals surface area contributed by atoms with Gasteiger partial charge in [-0.05, 0) is 13.0 Å². The van der Waals surface area contributed by atoms with Gasteiger partial charge >= 0.3 is 0 Å². The van der Waals surface area contributed by atoms with Crippen LogP contribution in [0.3, 0.4) is 0 Å². The molecule has 8 heteroatoms. The van der Waals surface area contributed by atoms with Gasteiger partial charge < -0.3 is 5.32 Å². The molecule has 1 aromatic carbocycles. The topological polar surface area (TPSA) is 68.1 Å². The summed E-state index contributed by atoms with van der Waals surface area (Å²) in [5.41, 5.74) is 1.21. The van der Waals surface area contributed by atoms with Crippen LogP contribution in [0.4, 0.5) is 20.2 Å². The largest absolute Gasteiger partial charge is 0.369 e. The van der Waals surface area contributed by atoms with Crippen molar-refractivity contribution in [2.75, 3.05) is 5.32 Å². The van der Waals surface area contributed by atoms with Crippen LogP contribution in [-0.4, -0.2) is 9.91 Å². The summed E-state index contributed by atoms with van der Waals surface area (Å²) in [5.74, 6) is -2.41. The highest BCUT2D eigenvalue weighted by Gasteiger charge is 2.23. The Morgan fingerprint density at radius 3 is 2.79 bits per heavy atom. The Balaban J connectivity index is 2.38. The lowest BCUT2D eigenvalue weighted by Crippen LogP contribution is -2.11. The van der Waals surface area contributed by atoms with Gasteiger partial charge in [-0.25, -0.2) is 13.8 Å². The highest BCUT2D eigenvalue weighted by molar-refractivity contribution is 7.07. The quantitative estimate of drug-likeness (QED) is 0.689. The molecule has 0 aliphatic carbocycles. The Morgan fingerprint density at radius 1 is 1.47 bits per heavy atom. The monoisotopic (exact) mass is 285 g/mol. The normalized spacial score (nSPS) is 12.2. The lowest BCUT2D eigenvalue weighted by atomic mass is 10.2. The SMILES string of the molecule is CC(Nc1c([N+](=O)[O-])ccc(F)c1F)c1cscn1. The fraction of sp³-hybridized carbons (Fsp3) is 0.182. The third-order valence-corrected chi connectivity index (χ3v) is 3.13. The van der Waals surface area contributed by atoms with Gasteiger partial charge in [0.05, 0.1) is 22.2 Å². The van der Waals surface area contributed by atoms with E-state index in [0.717, 1.165) is 12.1 Å². The molecule has 100 valence electrons. The van der Waals surface area contributed by atoms with Gasteiger partial charge in [-0.3, -0.25) is 10.1 Å². The standard InChI is InChI=1S/C11H9F2N3O2S/c1-6(8-4-19-5-14-8)15-11-9(16(17)18)3-2-7(12)10(11)13/h2-6,15H,1H3. The van der Waals surface area contributed by atoms with E-state index in [1.807, 2.05) is 0 Å². The predicted molar refractivity (Wildman–Crippen MR) is 67.2 cm³/mol. The van der Waals surface area contributed by atoms with Crippen LogP contribution in [0.2, 0.25) is 0 Å². The van der Waals surface area contributed by atoms with Crippen molar-refractivity contribution in [2.24, 2.45) is 0 Å². The molecule has 5 nitrogen and oxygen atoms in total. The first-order chi connectivity index (χ1) is 9.00. The van der Waals surface area contributed by atoms with Crippen molar-refractivity contribution in [3.8, 4) is 0 Å². The van der Waals surface area contributed by atoms with E-state index in [-0.39, 0.29) is 0 Å². The summed E-state index contributed by atoms with van der Waals surface area (Å²) in [6, 6.07) is 1.18. The summed E-state index contributed by atoms with van der Waals surface area (Å²) in [4.78, 5) is 14.1. The molecule has 0 fully saturated rings. The predicted octanol–water partition coefficient (Wildman–Crippen LogP) is 3.50. The van der Waals surface area contributed by atoms with Gasteiger partial charge in [0.25, 0.3) is 5.69 Å². The lowest BCUT2D eigenvalue weighted by molar-refractivity contribution is -0.384. The van der Waals surface area contributed by atoms with E-state index in [0.29, 0.717) is 5.69 Å². The molecule has 1 unspecified atom stereocenters. The summed E-state index contributed by atoms with van der Waals surface area (Å²) in [6.07, 6.45) is 0. The van der Waals surface area contributed by atoms with Crippen molar-refractivity contribution in [3.05, 3.63) is 50.5 Å². The van der Waals surface area contributed by atoms with E-state index < -0.39 is 34.0 Å². The Hall–Kier alpha value is -2.09. The highest BCUT2D eigenvalue weighted by atomic mass is 32.1. The van der Waals surface area contributed by atoms with E-state index in [1.165, 1.54) is 11.3 Å². The van der Waals surface area contributed by atoms with Crippen LogP contribution in [-0.2, 0) is 0 Å². The molecule has 0 spiro atoms. The highest BCUT2D eigenvalue weighted by Crippen LogP contribution is 2.32. The molecule has 0 aliphatic heterocycles. The van der Waals surface area contributed by atoms with Gasteiger partial charge in [-0.2, -0.15) is 0 Å². The fourth-order valence-electron chi connectivity index (χ4n) is 1.56. The number of nitro groups is 1. The molecule has 0 bridgehead atoms. The second-order valence-corrected chi connectivity index (χ2v) is 4.51. The number of hydrogen-bond donors (Lipinski definition) is 1. The third-order valence-electron chi connectivity index (χ3n) is 2.53. The average Bonchev–Trinajstić information content (AvgIpc) is 2.88. The van der Waals surface area contributed by atoms with E-state index in [4.69, 9.17) is 0 Å². The molecule has 0 amide bonds. The molecular weight excluding hydrogens is 276 g/mol. The Morgan fingerprint density at radius 2 is 2.21 bits per heavy atom. The molecule has 1 N–H and O–H groups in total. The van der Waals surface area contributed by atoms with Crippen LogP contribution in [0.5, 0.6) is 0 Å². The van der Waals surface area contributed by atoms with E-state index in [9.17, 15) is 18.9 Å². The Bertz CT molecular complexity index is 604. The van der Waals surface area contributed by atoms with Gasteiger partial charge in [-0.1, -0.05) is 0 Å². The number of nitrogens with zero attached hydrogens (tertiary/aromatic N) is 2. The number of halogens is 2. The van der Waals surface area contributed by atoms with E-state index in [2.05, 4.69) is 10.3 Å². The number of nitrogens with one attached hydrogen (secondary N) is 1. The Labute approximate surface area is 111 Å². The first-order valence-corrected chi connectivity index (χ1v) is 6.22. The van der Waals surface area contributed by atoms with Gasteiger partial charge in [0.1, 0.15) is 0 Å². The molecule has 2 rings (SSSR count). The van der Waals surface area contributed by atoms with Crippen LogP contribution >= 0.6 is 11.3 Å². The molecule has 0 aliphatic rings. The number of aromatic nitrogens is 1. The molecule has 0 saturated carbocycles. The minimum absolute atomic E-state index is 0.467. The summed E-state index contributed by atoms with van der Waals surface area (Å²) < 4.78 is 26.8. The Kier molecular flexibility index (Phi) is 3.70. The van der Waals surface area contributed by atoms with Crippen LogP contribution in [0.1, 0.15) is 18.7 Å². The maximum atomic E-state index is 13.7. The second-order valence-electron chi connectivity index (χ2n) is 3.79. The van der Waals surface area contributed by atoms with Crippen molar-refractivity contribution >= 4 is 22.7 Å². The van der Waals surface area contributed by atoms with Gasteiger partial charge in [0.2, 0.25) is 0 Å². The summed E-state index contributed by atoms with van der Waals surface area (Å²) >= 11 is 1.34. The first kappa shape index (κ1) is 13.3. The first-order valence-electron chi connectivity index (χ1n) is 5.27. The van der Waals surface area contributed by atoms with Crippen molar-refractivity contribution in [2.45, 2.75) is 13.0 Å². The van der Waals surface area contributed by atoms with Crippen molar-refractivity contribution < 1.29 is 13.7 Å². The van der Waals surface area contributed by atoms with Crippen LogP contribution in [0, 0.1) is 21.7 Å². The molecule has 0 saturated heterocycles. The van der Waals surface area contributed by atoms with E-state index >= 15 is 0 Å². The number of hydrogen-bond acceptors (Lipinski definition) is 5. The maximum Gasteiger partial charge on any atom is 0.295 e. The number of nitro benzene ring substituents is 1. The third kappa shape index (κ3) is 2.68. The molecule has 0 radical (unpaired) electrons. The van der Waals surface area contributed by atoms with Crippen LogP contribution in [0.25, 0.3) is 0 Å². The van der Waals surface area contributed by atoms with Crippen LogP contribution in [0.15, 0.2) is 23.0 Å². The summed E-state index contributed by atoms with van der Waals surface area (Å²) in [7, 11) is 0. The minimum Gasteiger partial charge on any atom is -0.369 e. The second kappa shape index (κ2) is 5.27. The maximum absolute atomic E-state index is 13.7. The van der Waals surface area contributed by atoms with Crippen LogP contribution < -0.4 is 5.32 Å². The number of benzene rings is 1. The molecular formula is C11H9F2N3O2S. The zero-order valence-corrected chi connectivity index (χ0v) is 10.6. The number of anilines is 1. The molecule has 1 aromatic heterocycles. The van der Waals surface area contributed by atoms with Crippen molar-refractivity contribution in [1.29, 1.82) is 0 Å². The van der Waals surface area contributed by atoms with Crippen molar-refractivity contribution in [3.63, 3.8) is 0 Å². The van der Waals surface area contributed by atoms with E-state index in [1.54, 1.807) is 17.8 Å². The number of thiazole rings is 1. The molecule has 1 atom stereocenters. The average molecular weight is 285 g/mol. The van der Waals surface area contributed by atoms with Gasteiger partial charge in [-0.15, -0.1) is 11.3 Å². The molecule has 2 aromatic rings. The minimum atomic E-state index is -1.27. The van der Waals surface area contributed by atoms with Gasteiger partial charge in [0, 0.05) is 11.4 Å². The zero-order chi connectivity index (χ0) is 14.0. The summed E-state index contributed by atoms with van der Waals surface area (Å²) in [5, 5.41) is 15.1. The van der Waals surface area contributed by atoms with Crippen molar-refractivity contribution in [1.82, 2.24) is 4.98 Å². The zero-order valence-electron chi connectivity index (χ0n) is 9.76. The lowest BCUT2D eigenvalue weighted by Gasteiger charge is -2.14. The fourth-order valence-corrected chi connectivity index (χ4v) is 2.20. The molecule has 19 heavy (non-hydrogen) atoms. The number of rotatable bonds is 4. The molecule has 1 heterocycles. The smallest absolute Gasteiger partial charge is 0.295 e. The summed E-state index contributed by atoms with van der Waals surface area (Å²) in [6.45, 7) is 1.66. The van der Waals surface area contributed by atoms with Gasteiger partial charge in [0.15, 0.2) is 17.3 Å².